The molecule has 0 aliphatic rings. The van der Waals surface area contributed by atoms with E-state index in [0.717, 1.165) is 38.8 Å². The maximum atomic E-state index is 12.3. The third-order valence-electron chi connectivity index (χ3n) is 5.53. The smallest absolute Gasteiger partial charge is 0.244 e. The number of phenols is 1. The number of pyridine rings is 1. The van der Waals surface area contributed by atoms with Gasteiger partial charge >= 0.3 is 0 Å². The molecule has 6 nitrogen and oxygen atoms in total. The molecule has 0 saturated heterocycles. The van der Waals surface area contributed by atoms with Crippen LogP contribution in [0.25, 0.3) is 33.6 Å². The lowest BCUT2D eigenvalue weighted by atomic mass is 10.1. The minimum atomic E-state index is -0.194. The van der Waals surface area contributed by atoms with Gasteiger partial charge in [-0.15, -0.1) is 0 Å². The Morgan fingerprint density at radius 1 is 0.970 bits per heavy atom. The Morgan fingerprint density at radius 2 is 1.73 bits per heavy atom. The van der Waals surface area contributed by atoms with E-state index in [1.54, 1.807) is 30.3 Å². The fourth-order valence-corrected chi connectivity index (χ4v) is 3.90. The number of nitrogens with two attached hydrogens (primary N) is 1. The van der Waals surface area contributed by atoms with Crippen LogP contribution in [0, 0.1) is 0 Å². The van der Waals surface area contributed by atoms with E-state index in [2.05, 4.69) is 27.0 Å². The quantitative estimate of drug-likeness (QED) is 0.274. The molecular formula is C27H22N4O2. The Bertz CT molecular complexity index is 1480. The normalized spacial score (nSPS) is 11.4. The molecule has 0 radical (unpaired) electrons. The van der Waals surface area contributed by atoms with Crippen LogP contribution in [0.3, 0.4) is 0 Å². The third kappa shape index (κ3) is 4.14. The number of aromatic nitrogens is 2. The summed E-state index contributed by atoms with van der Waals surface area (Å²) in [5.74, 6) is 0.0290. The average molecular weight is 434 g/mol. The van der Waals surface area contributed by atoms with Gasteiger partial charge in [0.15, 0.2) is 0 Å². The molecule has 5 rings (SSSR count). The number of aromatic hydroxyl groups is 1. The molecule has 0 atom stereocenters. The fourth-order valence-electron chi connectivity index (χ4n) is 3.90. The highest BCUT2D eigenvalue weighted by Crippen LogP contribution is 2.32. The highest BCUT2D eigenvalue weighted by Gasteiger charge is 2.13. The molecule has 5 aromatic rings. The van der Waals surface area contributed by atoms with Crippen molar-refractivity contribution in [2.24, 2.45) is 0 Å². The number of nitrogen functional groups attached to an aromatic ring is 1. The largest absolute Gasteiger partial charge is 0.508 e. The van der Waals surface area contributed by atoms with Crippen LogP contribution in [-0.2, 0) is 11.3 Å². The van der Waals surface area contributed by atoms with E-state index in [1.807, 2.05) is 48.7 Å². The van der Waals surface area contributed by atoms with Crippen LogP contribution < -0.4 is 11.1 Å². The minimum Gasteiger partial charge on any atom is -0.508 e. The first-order valence-corrected chi connectivity index (χ1v) is 10.6. The van der Waals surface area contributed by atoms with Crippen LogP contribution >= 0.6 is 0 Å². The molecule has 4 N–H and O–H groups in total. The van der Waals surface area contributed by atoms with Crippen LogP contribution in [0.4, 0.5) is 5.69 Å². The average Bonchev–Trinajstić information content (AvgIpc) is 3.17. The van der Waals surface area contributed by atoms with Gasteiger partial charge < -0.3 is 20.7 Å². The molecule has 3 aromatic carbocycles. The number of amides is 1. The summed E-state index contributed by atoms with van der Waals surface area (Å²) in [6.45, 7) is 0.319. The summed E-state index contributed by atoms with van der Waals surface area (Å²) in [5, 5.41) is 14.7. The number of hydrogen-bond donors (Lipinski definition) is 3. The number of hydrogen-bond acceptors (Lipinski definition) is 4. The molecule has 0 aliphatic heterocycles. The van der Waals surface area contributed by atoms with E-state index >= 15 is 0 Å². The number of carbonyl (C=O) groups excluding carboxylic acids is 1. The van der Waals surface area contributed by atoms with E-state index in [4.69, 9.17) is 5.73 Å². The first kappa shape index (κ1) is 20.3. The van der Waals surface area contributed by atoms with E-state index in [0.29, 0.717) is 12.2 Å². The molecule has 2 heterocycles. The summed E-state index contributed by atoms with van der Waals surface area (Å²) in [6.07, 6.45) is 5.07. The van der Waals surface area contributed by atoms with Crippen molar-refractivity contribution in [3.05, 3.63) is 102 Å². The van der Waals surface area contributed by atoms with E-state index < -0.39 is 0 Å². The molecule has 1 amide bonds. The van der Waals surface area contributed by atoms with E-state index in [1.165, 1.54) is 6.08 Å². The van der Waals surface area contributed by atoms with Crippen LogP contribution in [-0.4, -0.2) is 20.6 Å². The number of fused-ring (bicyclic) bond motifs is 3. The number of para-hydroxylation sites is 1. The lowest BCUT2D eigenvalue weighted by molar-refractivity contribution is -0.116. The van der Waals surface area contributed by atoms with Crippen molar-refractivity contribution in [1.82, 2.24) is 14.9 Å². The predicted molar refractivity (Wildman–Crippen MR) is 132 cm³/mol. The van der Waals surface area contributed by atoms with Gasteiger partial charge in [-0.2, -0.15) is 0 Å². The van der Waals surface area contributed by atoms with Crippen molar-refractivity contribution in [2.45, 2.75) is 6.54 Å². The standard InChI is InChI=1S/C27H22N4O2/c28-19-8-5-18(6-9-19)7-14-27(33)30-16-20-15-24-23-3-1-2-4-25(23)31(26(24)17-29-20)21-10-12-22(32)13-11-21/h1-15,17,32H,16,28H2,(H,30,33)/b14-7+. The maximum Gasteiger partial charge on any atom is 0.244 e. The first-order valence-electron chi connectivity index (χ1n) is 10.6. The number of phenolic OH excluding ortho intramolecular Hbond substituents is 1. The Kier molecular flexibility index (Phi) is 5.24. The van der Waals surface area contributed by atoms with Crippen LogP contribution in [0.15, 0.2) is 91.1 Å². The number of rotatable bonds is 5. The van der Waals surface area contributed by atoms with Crippen molar-refractivity contribution in [3.8, 4) is 11.4 Å². The van der Waals surface area contributed by atoms with E-state index in [9.17, 15) is 9.90 Å². The summed E-state index contributed by atoms with van der Waals surface area (Å²) >= 11 is 0. The van der Waals surface area contributed by atoms with Gasteiger partial charge in [-0.1, -0.05) is 30.3 Å². The lowest BCUT2D eigenvalue weighted by Crippen LogP contribution is -2.20. The second-order valence-corrected chi connectivity index (χ2v) is 7.78. The number of nitrogens with zero attached hydrogens (tertiary/aromatic N) is 2. The summed E-state index contributed by atoms with van der Waals surface area (Å²) in [4.78, 5) is 16.9. The van der Waals surface area contributed by atoms with Gasteiger partial charge in [-0.05, 0) is 60.2 Å². The van der Waals surface area contributed by atoms with Crippen molar-refractivity contribution in [3.63, 3.8) is 0 Å². The number of carbonyl (C=O) groups is 1. The topological polar surface area (TPSA) is 93.2 Å². The maximum absolute atomic E-state index is 12.3. The highest BCUT2D eigenvalue weighted by atomic mass is 16.3. The Morgan fingerprint density at radius 3 is 2.52 bits per heavy atom. The molecular weight excluding hydrogens is 412 g/mol. The van der Waals surface area contributed by atoms with Gasteiger partial charge in [0, 0.05) is 28.2 Å². The summed E-state index contributed by atoms with van der Waals surface area (Å²) in [5.41, 5.74) is 11.0. The molecule has 33 heavy (non-hydrogen) atoms. The second-order valence-electron chi connectivity index (χ2n) is 7.78. The SMILES string of the molecule is Nc1ccc(/C=C/C(=O)NCc2cc3c4ccccc4n(-c4ccc(O)cc4)c3cn2)cc1. The predicted octanol–water partition coefficient (Wildman–Crippen LogP) is 4.80. The number of anilines is 1. The lowest BCUT2D eigenvalue weighted by Gasteiger charge is -2.08. The van der Waals surface area contributed by atoms with Crippen LogP contribution in [0.5, 0.6) is 5.75 Å². The molecule has 0 unspecified atom stereocenters. The van der Waals surface area contributed by atoms with Crippen molar-refractivity contribution in [1.29, 1.82) is 0 Å². The van der Waals surface area contributed by atoms with E-state index in [-0.39, 0.29) is 11.7 Å². The van der Waals surface area contributed by atoms with Crippen molar-refractivity contribution >= 4 is 39.5 Å². The zero-order valence-corrected chi connectivity index (χ0v) is 17.8. The minimum absolute atomic E-state index is 0.194. The van der Waals surface area contributed by atoms with Crippen molar-refractivity contribution < 1.29 is 9.90 Å². The molecule has 0 aliphatic carbocycles. The van der Waals surface area contributed by atoms with Crippen LogP contribution in [0.1, 0.15) is 11.3 Å². The molecule has 2 aromatic heterocycles. The molecule has 0 bridgehead atoms. The molecule has 0 saturated carbocycles. The number of benzene rings is 3. The van der Waals surface area contributed by atoms with Gasteiger partial charge in [-0.3, -0.25) is 9.78 Å². The van der Waals surface area contributed by atoms with Crippen molar-refractivity contribution in [2.75, 3.05) is 5.73 Å². The van der Waals surface area contributed by atoms with Crippen LogP contribution in [0.2, 0.25) is 0 Å². The second kappa shape index (κ2) is 8.51. The Balaban J connectivity index is 1.41. The van der Waals surface area contributed by atoms with Gasteiger partial charge in [0.1, 0.15) is 5.75 Å². The Labute approximate surface area is 190 Å². The summed E-state index contributed by atoms with van der Waals surface area (Å²) in [7, 11) is 0. The molecule has 6 heteroatoms. The summed E-state index contributed by atoms with van der Waals surface area (Å²) in [6, 6.07) is 24.6. The summed E-state index contributed by atoms with van der Waals surface area (Å²) < 4.78 is 2.12. The molecule has 162 valence electrons. The molecule has 0 fully saturated rings. The van der Waals surface area contributed by atoms with Gasteiger partial charge in [0.2, 0.25) is 5.91 Å². The van der Waals surface area contributed by atoms with Gasteiger partial charge in [-0.25, -0.2) is 0 Å². The zero-order valence-electron chi connectivity index (χ0n) is 17.8. The van der Waals surface area contributed by atoms with Gasteiger partial charge in [0.25, 0.3) is 0 Å². The Hall–Kier alpha value is -4.58. The fraction of sp³-hybridized carbons (Fsp3) is 0.0370. The number of nitrogens with one attached hydrogen (secondary N) is 1. The zero-order chi connectivity index (χ0) is 22.8. The highest BCUT2D eigenvalue weighted by molar-refractivity contribution is 6.09. The first-order chi connectivity index (χ1) is 16.1. The van der Waals surface area contributed by atoms with Gasteiger partial charge in [0.05, 0.1) is 29.5 Å². The molecule has 0 spiro atoms. The monoisotopic (exact) mass is 434 g/mol. The third-order valence-corrected chi connectivity index (χ3v) is 5.53.